The van der Waals surface area contributed by atoms with Gasteiger partial charge in [0.25, 0.3) is 0 Å². The fourth-order valence-corrected chi connectivity index (χ4v) is 3.43. The molecule has 0 spiro atoms. The summed E-state index contributed by atoms with van der Waals surface area (Å²) in [5.41, 5.74) is 1.68. The van der Waals surface area contributed by atoms with Gasteiger partial charge in [-0.05, 0) is 37.5 Å². The molecule has 6 nitrogen and oxygen atoms in total. The Morgan fingerprint density at radius 3 is 2.43 bits per heavy atom. The second-order valence-corrected chi connectivity index (χ2v) is 7.50. The first-order valence-electron chi connectivity index (χ1n) is 7.70. The second-order valence-electron chi connectivity index (χ2n) is 5.90. The first kappa shape index (κ1) is 16.1. The van der Waals surface area contributed by atoms with E-state index >= 15 is 0 Å². The van der Waals surface area contributed by atoms with Crippen molar-refractivity contribution >= 4 is 18.7 Å². The molecule has 1 fully saturated rings. The van der Waals surface area contributed by atoms with Gasteiger partial charge in [0, 0.05) is 17.8 Å². The van der Waals surface area contributed by atoms with Gasteiger partial charge in [-0.1, -0.05) is 25.0 Å². The highest BCUT2D eigenvalue weighted by Crippen LogP contribution is 2.34. The Labute approximate surface area is 135 Å². The highest BCUT2D eigenvalue weighted by molar-refractivity contribution is 7.60. The van der Waals surface area contributed by atoms with Crippen LogP contribution in [-0.2, 0) is 4.57 Å². The molecule has 2 aromatic rings. The highest BCUT2D eigenvalue weighted by atomic mass is 31.2. The Kier molecular flexibility index (Phi) is 4.48. The Morgan fingerprint density at radius 2 is 1.83 bits per heavy atom. The topological polar surface area (TPSA) is 95.3 Å². The average Bonchev–Trinajstić information content (AvgIpc) is 3.00. The molecule has 1 aromatic heterocycles. The van der Waals surface area contributed by atoms with Crippen molar-refractivity contribution < 1.29 is 14.4 Å². The van der Waals surface area contributed by atoms with Crippen LogP contribution in [0.2, 0.25) is 0 Å². The number of aryl methyl sites for hydroxylation is 1. The minimum absolute atomic E-state index is 0.0135. The summed E-state index contributed by atoms with van der Waals surface area (Å²) < 4.78 is 11.3. The quantitative estimate of drug-likeness (QED) is 0.745. The summed E-state index contributed by atoms with van der Waals surface area (Å²) in [7, 11) is -4.22. The summed E-state index contributed by atoms with van der Waals surface area (Å²) in [4.78, 5) is 27.2. The van der Waals surface area contributed by atoms with E-state index in [0.717, 1.165) is 29.8 Å². The molecular weight excluding hydrogens is 313 g/mol. The number of nitrogens with zero attached hydrogens (tertiary/aromatic N) is 2. The largest absolute Gasteiger partial charge is 0.367 e. The summed E-state index contributed by atoms with van der Waals surface area (Å²) in [6, 6.07) is 6.73. The number of aromatic nitrogens is 2. The fourth-order valence-electron chi connectivity index (χ4n) is 2.89. The molecule has 0 unspecified atom stereocenters. The third kappa shape index (κ3) is 3.78. The van der Waals surface area contributed by atoms with Gasteiger partial charge in [-0.3, -0.25) is 4.57 Å². The summed E-state index contributed by atoms with van der Waals surface area (Å²) in [5, 5.41) is 3.50. The van der Waals surface area contributed by atoms with Crippen molar-refractivity contribution in [3.8, 4) is 11.1 Å². The minimum atomic E-state index is -4.22. The Balaban J connectivity index is 1.93. The number of hydrogen-bond donors (Lipinski definition) is 3. The molecule has 7 heteroatoms. The predicted octanol–water partition coefficient (Wildman–Crippen LogP) is 2.61. The van der Waals surface area contributed by atoms with Gasteiger partial charge in [0.1, 0.15) is 11.6 Å². The van der Waals surface area contributed by atoms with Crippen LogP contribution >= 0.6 is 7.60 Å². The van der Waals surface area contributed by atoms with Gasteiger partial charge in [-0.2, -0.15) is 0 Å². The molecule has 0 atom stereocenters. The first-order chi connectivity index (χ1) is 10.9. The van der Waals surface area contributed by atoms with E-state index in [1.807, 2.05) is 6.92 Å². The molecule has 1 saturated carbocycles. The van der Waals surface area contributed by atoms with E-state index in [-0.39, 0.29) is 5.30 Å². The third-order valence-corrected chi connectivity index (χ3v) is 5.09. The van der Waals surface area contributed by atoms with E-state index < -0.39 is 7.60 Å². The van der Waals surface area contributed by atoms with Crippen LogP contribution in [0, 0.1) is 6.92 Å². The van der Waals surface area contributed by atoms with Crippen LogP contribution in [0.3, 0.4) is 0 Å². The van der Waals surface area contributed by atoms with E-state index in [9.17, 15) is 14.4 Å². The monoisotopic (exact) mass is 333 g/mol. The lowest BCUT2D eigenvalue weighted by Gasteiger charge is -2.16. The summed E-state index contributed by atoms with van der Waals surface area (Å²) in [5.74, 6) is 1.48. The molecule has 0 amide bonds. The number of anilines is 1. The summed E-state index contributed by atoms with van der Waals surface area (Å²) >= 11 is 0. The zero-order valence-corrected chi connectivity index (χ0v) is 13.8. The van der Waals surface area contributed by atoms with Gasteiger partial charge in [0.15, 0.2) is 0 Å². The third-order valence-electron chi connectivity index (χ3n) is 4.12. The van der Waals surface area contributed by atoms with E-state index in [2.05, 4.69) is 15.3 Å². The molecule has 122 valence electrons. The van der Waals surface area contributed by atoms with Crippen LogP contribution in [0.15, 0.2) is 30.5 Å². The van der Waals surface area contributed by atoms with Gasteiger partial charge < -0.3 is 15.1 Å². The number of nitrogens with one attached hydrogen (secondary N) is 1. The molecular formula is C16H20N3O3P. The molecule has 1 aromatic carbocycles. The summed E-state index contributed by atoms with van der Waals surface area (Å²) in [6.45, 7) is 1.85. The molecule has 1 aliphatic rings. The molecule has 0 saturated heterocycles. The zero-order chi connectivity index (χ0) is 16.4. The number of hydrogen-bond acceptors (Lipinski definition) is 4. The standard InChI is InChI=1S/C16H20N3O3P/c1-11-17-10-15(16(18-11)19-13-4-2-3-5-13)12-6-8-14(9-7-12)23(20,21)22/h6-10,13H,2-5H2,1H3,(H,17,18,19)(H2,20,21,22). The van der Waals surface area contributed by atoms with Crippen molar-refractivity contribution in [2.24, 2.45) is 0 Å². The van der Waals surface area contributed by atoms with E-state index in [0.29, 0.717) is 11.9 Å². The van der Waals surface area contributed by atoms with Gasteiger partial charge in [-0.25, -0.2) is 9.97 Å². The van der Waals surface area contributed by atoms with Crippen LogP contribution in [0.4, 0.5) is 5.82 Å². The molecule has 1 aliphatic carbocycles. The molecule has 3 rings (SSSR count). The zero-order valence-electron chi connectivity index (χ0n) is 12.9. The summed E-state index contributed by atoms with van der Waals surface area (Å²) in [6.07, 6.45) is 6.49. The molecule has 0 bridgehead atoms. The smallest absolute Gasteiger partial charge is 0.356 e. The van der Waals surface area contributed by atoms with Crippen LogP contribution in [0.1, 0.15) is 31.5 Å². The van der Waals surface area contributed by atoms with Gasteiger partial charge in [-0.15, -0.1) is 0 Å². The van der Waals surface area contributed by atoms with Crippen molar-refractivity contribution in [1.29, 1.82) is 0 Å². The lowest BCUT2D eigenvalue weighted by atomic mass is 10.1. The molecule has 0 aliphatic heterocycles. The fraction of sp³-hybridized carbons (Fsp3) is 0.375. The maximum Gasteiger partial charge on any atom is 0.356 e. The predicted molar refractivity (Wildman–Crippen MR) is 89.8 cm³/mol. The van der Waals surface area contributed by atoms with E-state index in [1.165, 1.54) is 25.0 Å². The first-order valence-corrected chi connectivity index (χ1v) is 9.31. The minimum Gasteiger partial charge on any atom is -0.367 e. The van der Waals surface area contributed by atoms with Gasteiger partial charge in [0.05, 0.1) is 5.30 Å². The number of rotatable bonds is 4. The van der Waals surface area contributed by atoms with Crippen molar-refractivity contribution in [3.05, 3.63) is 36.3 Å². The van der Waals surface area contributed by atoms with Crippen LogP contribution in [0.25, 0.3) is 11.1 Å². The van der Waals surface area contributed by atoms with Gasteiger partial charge >= 0.3 is 7.60 Å². The average molecular weight is 333 g/mol. The van der Waals surface area contributed by atoms with E-state index in [1.54, 1.807) is 18.3 Å². The Morgan fingerprint density at radius 1 is 1.17 bits per heavy atom. The second kappa shape index (κ2) is 6.40. The highest BCUT2D eigenvalue weighted by Gasteiger charge is 2.19. The maximum absolute atomic E-state index is 11.3. The van der Waals surface area contributed by atoms with Crippen LogP contribution < -0.4 is 10.6 Å². The van der Waals surface area contributed by atoms with Crippen LogP contribution in [0.5, 0.6) is 0 Å². The number of benzene rings is 1. The Bertz CT molecular complexity index is 737. The SMILES string of the molecule is Cc1ncc(-c2ccc(P(=O)(O)O)cc2)c(NC2CCCC2)n1. The molecule has 3 N–H and O–H groups in total. The van der Waals surface area contributed by atoms with Gasteiger partial charge in [0.2, 0.25) is 0 Å². The molecule has 1 heterocycles. The van der Waals surface area contributed by atoms with Crippen molar-refractivity contribution in [3.63, 3.8) is 0 Å². The van der Waals surface area contributed by atoms with E-state index in [4.69, 9.17) is 0 Å². The molecule has 0 radical (unpaired) electrons. The van der Waals surface area contributed by atoms with Crippen molar-refractivity contribution in [1.82, 2.24) is 9.97 Å². The van der Waals surface area contributed by atoms with Crippen LogP contribution in [-0.4, -0.2) is 25.8 Å². The lowest BCUT2D eigenvalue weighted by molar-refractivity contribution is 0.387. The van der Waals surface area contributed by atoms with Crippen molar-refractivity contribution in [2.45, 2.75) is 38.6 Å². The Hall–Kier alpha value is -1.75. The molecule has 23 heavy (non-hydrogen) atoms. The maximum atomic E-state index is 11.3. The normalized spacial score (nSPS) is 15.8. The van der Waals surface area contributed by atoms with Crippen molar-refractivity contribution in [2.75, 3.05) is 5.32 Å². The lowest BCUT2D eigenvalue weighted by Crippen LogP contribution is -2.17.